The maximum atomic E-state index is 12.2. The van der Waals surface area contributed by atoms with Crippen LogP contribution in [0.2, 0.25) is 0 Å². The van der Waals surface area contributed by atoms with Crippen LogP contribution in [0.25, 0.3) is 0 Å². The number of hydrogen-bond donors (Lipinski definition) is 0. The van der Waals surface area contributed by atoms with Crippen LogP contribution in [-0.2, 0) is 14.3 Å². The summed E-state index contributed by atoms with van der Waals surface area (Å²) in [5.74, 6) is -0.745. The van der Waals surface area contributed by atoms with Gasteiger partial charge in [0.2, 0.25) is 0 Å². The molecule has 5 nitrogen and oxygen atoms in total. The van der Waals surface area contributed by atoms with Crippen LogP contribution < -0.4 is 9.47 Å². The van der Waals surface area contributed by atoms with E-state index in [1.54, 1.807) is 0 Å². The van der Waals surface area contributed by atoms with Gasteiger partial charge in [0.15, 0.2) is 0 Å². The van der Waals surface area contributed by atoms with Crippen molar-refractivity contribution in [1.29, 1.82) is 0 Å². The van der Waals surface area contributed by atoms with E-state index in [1.807, 2.05) is 0 Å². The first kappa shape index (κ1) is 18.0. The van der Waals surface area contributed by atoms with Crippen LogP contribution in [0.3, 0.4) is 0 Å². The molecular formula is C17H19F3O5. The highest BCUT2D eigenvalue weighted by Crippen LogP contribution is 2.29. The van der Waals surface area contributed by atoms with E-state index in [-0.39, 0.29) is 35.6 Å². The molecule has 0 radical (unpaired) electrons. The molecule has 1 saturated heterocycles. The van der Waals surface area contributed by atoms with Crippen LogP contribution in [0.15, 0.2) is 24.3 Å². The molecule has 0 N–H and O–H groups in total. The monoisotopic (exact) mass is 360 g/mol. The normalized spacial score (nSPS) is 26.1. The largest absolute Gasteiger partial charge is 0.573 e. The predicted molar refractivity (Wildman–Crippen MR) is 80.2 cm³/mol. The maximum Gasteiger partial charge on any atom is 0.573 e. The smallest absolute Gasteiger partial charge is 0.426 e. The van der Waals surface area contributed by atoms with Gasteiger partial charge in [-0.15, -0.1) is 13.2 Å². The van der Waals surface area contributed by atoms with Gasteiger partial charge < -0.3 is 18.9 Å². The van der Waals surface area contributed by atoms with Crippen LogP contribution >= 0.6 is 0 Å². The first-order valence-electron chi connectivity index (χ1n) is 8.20. The summed E-state index contributed by atoms with van der Waals surface area (Å²) < 4.78 is 56.1. The number of epoxide rings is 1. The molecule has 1 heterocycles. The van der Waals surface area contributed by atoms with E-state index in [9.17, 15) is 18.0 Å². The zero-order valence-corrected chi connectivity index (χ0v) is 13.5. The lowest BCUT2D eigenvalue weighted by Gasteiger charge is -2.27. The predicted octanol–water partition coefficient (Wildman–Crippen LogP) is 3.46. The number of halogens is 3. The van der Waals surface area contributed by atoms with Crippen LogP contribution in [0.5, 0.6) is 11.5 Å². The van der Waals surface area contributed by atoms with Crippen LogP contribution in [0.4, 0.5) is 13.2 Å². The molecule has 138 valence electrons. The van der Waals surface area contributed by atoms with Crippen molar-refractivity contribution in [3.05, 3.63) is 24.3 Å². The molecule has 1 unspecified atom stereocenters. The van der Waals surface area contributed by atoms with Gasteiger partial charge in [-0.05, 0) is 49.9 Å². The van der Waals surface area contributed by atoms with Crippen LogP contribution in [0.1, 0.15) is 25.7 Å². The van der Waals surface area contributed by atoms with Crippen molar-refractivity contribution in [3.63, 3.8) is 0 Å². The molecule has 1 aromatic rings. The van der Waals surface area contributed by atoms with Crippen molar-refractivity contribution in [2.45, 2.75) is 44.3 Å². The average Bonchev–Trinajstić information content (AvgIpc) is 3.38. The third kappa shape index (κ3) is 5.89. The molecule has 8 heteroatoms. The Hall–Kier alpha value is -1.80. The lowest BCUT2D eigenvalue weighted by Crippen LogP contribution is -2.29. The van der Waals surface area contributed by atoms with Crippen molar-refractivity contribution in [3.8, 4) is 11.5 Å². The third-order valence-electron chi connectivity index (χ3n) is 4.20. The summed E-state index contributed by atoms with van der Waals surface area (Å²) in [4.78, 5) is 12.2. The van der Waals surface area contributed by atoms with Crippen molar-refractivity contribution in [2.75, 3.05) is 13.2 Å². The SMILES string of the molecule is O=C(Oc1ccc(OC(F)(F)F)cc1)C1CCC(OCC2CO2)CC1. The fraction of sp³-hybridized carbons (Fsp3) is 0.588. The van der Waals surface area contributed by atoms with Crippen LogP contribution in [0, 0.1) is 5.92 Å². The lowest BCUT2D eigenvalue weighted by atomic mass is 9.87. The Morgan fingerprint density at radius 3 is 2.24 bits per heavy atom. The van der Waals surface area contributed by atoms with Crippen LogP contribution in [-0.4, -0.2) is 37.8 Å². The van der Waals surface area contributed by atoms with E-state index in [4.69, 9.17) is 14.2 Å². The van der Waals surface area contributed by atoms with Gasteiger partial charge in [0, 0.05) is 0 Å². The summed E-state index contributed by atoms with van der Waals surface area (Å²) in [6, 6.07) is 4.79. The highest BCUT2D eigenvalue weighted by molar-refractivity contribution is 5.75. The molecule has 2 aliphatic rings. The summed E-state index contributed by atoms with van der Waals surface area (Å²) in [6.07, 6.45) is -1.46. The quantitative estimate of drug-likeness (QED) is 0.442. The number of rotatable bonds is 6. The van der Waals surface area contributed by atoms with E-state index in [2.05, 4.69) is 4.74 Å². The maximum absolute atomic E-state index is 12.2. The molecule has 1 saturated carbocycles. The molecule has 3 rings (SSSR count). The summed E-state index contributed by atoms with van der Waals surface area (Å²) in [7, 11) is 0. The fourth-order valence-electron chi connectivity index (χ4n) is 2.78. The lowest BCUT2D eigenvalue weighted by molar-refractivity contribution is -0.274. The highest BCUT2D eigenvalue weighted by atomic mass is 19.4. The average molecular weight is 360 g/mol. The fourth-order valence-corrected chi connectivity index (χ4v) is 2.78. The number of carbonyl (C=O) groups is 1. The minimum atomic E-state index is -4.75. The highest BCUT2D eigenvalue weighted by Gasteiger charge is 2.32. The second-order valence-corrected chi connectivity index (χ2v) is 6.20. The molecule has 0 spiro atoms. The number of hydrogen-bond acceptors (Lipinski definition) is 5. The molecule has 1 aliphatic carbocycles. The molecule has 0 amide bonds. The number of ether oxygens (including phenoxy) is 4. The summed E-state index contributed by atoms with van der Waals surface area (Å²) in [5.41, 5.74) is 0. The molecule has 0 bridgehead atoms. The summed E-state index contributed by atoms with van der Waals surface area (Å²) >= 11 is 0. The van der Waals surface area contributed by atoms with E-state index < -0.39 is 6.36 Å². The Morgan fingerprint density at radius 2 is 1.68 bits per heavy atom. The van der Waals surface area contributed by atoms with Crippen molar-refractivity contribution in [2.24, 2.45) is 5.92 Å². The van der Waals surface area contributed by atoms with Crippen molar-refractivity contribution < 1.29 is 36.9 Å². The van der Waals surface area contributed by atoms with Crippen molar-refractivity contribution >= 4 is 5.97 Å². The van der Waals surface area contributed by atoms with Gasteiger partial charge >= 0.3 is 12.3 Å². The van der Waals surface area contributed by atoms with Gasteiger partial charge in [-0.1, -0.05) is 0 Å². The Morgan fingerprint density at radius 1 is 1.08 bits per heavy atom. The minimum absolute atomic E-state index is 0.145. The Kier molecular flexibility index (Phi) is 5.48. The first-order chi connectivity index (χ1) is 11.9. The number of esters is 1. The topological polar surface area (TPSA) is 57.3 Å². The minimum Gasteiger partial charge on any atom is -0.426 e. The number of benzene rings is 1. The molecule has 1 aliphatic heterocycles. The second kappa shape index (κ2) is 7.61. The van der Waals surface area contributed by atoms with E-state index >= 15 is 0 Å². The molecular weight excluding hydrogens is 341 g/mol. The zero-order chi connectivity index (χ0) is 17.9. The van der Waals surface area contributed by atoms with Gasteiger partial charge in [0.05, 0.1) is 25.2 Å². The van der Waals surface area contributed by atoms with E-state index in [0.717, 1.165) is 31.6 Å². The molecule has 1 atom stereocenters. The summed E-state index contributed by atoms with van der Waals surface area (Å²) in [5, 5.41) is 0. The van der Waals surface area contributed by atoms with E-state index in [1.165, 1.54) is 12.1 Å². The zero-order valence-electron chi connectivity index (χ0n) is 13.5. The van der Waals surface area contributed by atoms with Gasteiger partial charge in [-0.25, -0.2) is 0 Å². The molecule has 1 aromatic carbocycles. The first-order valence-corrected chi connectivity index (χ1v) is 8.20. The molecule has 0 aromatic heterocycles. The number of alkyl halides is 3. The Balaban J connectivity index is 1.42. The molecule has 25 heavy (non-hydrogen) atoms. The number of carbonyl (C=O) groups excluding carboxylic acids is 1. The Bertz CT molecular complexity index is 575. The third-order valence-corrected chi connectivity index (χ3v) is 4.20. The van der Waals surface area contributed by atoms with Gasteiger partial charge in [0.1, 0.15) is 17.6 Å². The van der Waals surface area contributed by atoms with Gasteiger partial charge in [-0.2, -0.15) is 0 Å². The molecule has 2 fully saturated rings. The van der Waals surface area contributed by atoms with E-state index in [0.29, 0.717) is 19.4 Å². The van der Waals surface area contributed by atoms with Gasteiger partial charge in [0.25, 0.3) is 0 Å². The standard InChI is InChI=1S/C17H19F3O5/c18-17(19,20)25-14-7-5-13(6-8-14)24-16(21)11-1-3-12(4-2-11)22-9-15-10-23-15/h5-8,11-12,15H,1-4,9-10H2. The van der Waals surface area contributed by atoms with Gasteiger partial charge in [-0.3, -0.25) is 4.79 Å². The second-order valence-electron chi connectivity index (χ2n) is 6.20. The summed E-state index contributed by atoms with van der Waals surface area (Å²) in [6.45, 7) is 1.36. The van der Waals surface area contributed by atoms with Crippen molar-refractivity contribution in [1.82, 2.24) is 0 Å². The Labute approximate surface area is 143 Å².